The average molecular weight is 534 g/mol. The average Bonchev–Trinajstić information content (AvgIpc) is 2.93. The molecule has 2 aromatic carbocycles. The van der Waals surface area contributed by atoms with Gasteiger partial charge in [-0.1, -0.05) is 24.3 Å². The molecule has 38 heavy (non-hydrogen) atoms. The zero-order valence-corrected chi connectivity index (χ0v) is 22.3. The van der Waals surface area contributed by atoms with E-state index < -0.39 is 10.0 Å². The molecule has 0 atom stereocenters. The van der Waals surface area contributed by atoms with Crippen molar-refractivity contribution < 1.29 is 17.9 Å². The van der Waals surface area contributed by atoms with Gasteiger partial charge >= 0.3 is 0 Å². The number of carbonyl (C=O) groups excluding carboxylic acids is 1. The molecule has 2 heterocycles. The Kier molecular flexibility index (Phi) is 8.55. The molecule has 9 nitrogen and oxygen atoms in total. The zero-order chi connectivity index (χ0) is 27.1. The third kappa shape index (κ3) is 6.09. The summed E-state index contributed by atoms with van der Waals surface area (Å²) in [5.74, 6) is 0.715. The minimum Gasteiger partial charge on any atom is -0.496 e. The number of nitrogens with zero attached hydrogens (tertiary/aromatic N) is 4. The lowest BCUT2D eigenvalue weighted by Crippen LogP contribution is -2.48. The molecule has 0 spiro atoms. The standard InChI is InChI=1S/C28H31N5O4S/c1-4-6-21-7-5-8-26(27(21)29-2)38(35,36)31-24-11-9-22(10-12-24)28(34)33-17-15-32(16-18-33)20-23-19-30-14-13-25(23)37-3/h4-14,19,31H,2,15-18,20H2,1,3H3/b6-4-. The van der Waals surface area contributed by atoms with Gasteiger partial charge in [0, 0.05) is 67.5 Å². The monoisotopic (exact) mass is 533 g/mol. The number of anilines is 1. The van der Waals surface area contributed by atoms with Crippen LogP contribution in [0.4, 0.5) is 11.4 Å². The molecule has 1 aliphatic heterocycles. The van der Waals surface area contributed by atoms with Crippen LogP contribution < -0.4 is 9.46 Å². The molecule has 1 saturated heterocycles. The zero-order valence-electron chi connectivity index (χ0n) is 21.5. The Balaban J connectivity index is 1.39. The van der Waals surface area contributed by atoms with Gasteiger partial charge in [0.05, 0.1) is 12.8 Å². The molecular formula is C28H31N5O4S. The van der Waals surface area contributed by atoms with Gasteiger partial charge in [-0.15, -0.1) is 0 Å². The second-order valence-corrected chi connectivity index (χ2v) is 10.4. The molecule has 4 rings (SSSR count). The van der Waals surface area contributed by atoms with E-state index >= 15 is 0 Å². The first-order valence-corrected chi connectivity index (χ1v) is 13.7. The Labute approximate surface area is 223 Å². The third-order valence-corrected chi connectivity index (χ3v) is 7.75. The Bertz CT molecular complexity index is 1430. The van der Waals surface area contributed by atoms with Crippen molar-refractivity contribution in [3.8, 4) is 5.75 Å². The first-order chi connectivity index (χ1) is 18.4. The summed E-state index contributed by atoms with van der Waals surface area (Å²) >= 11 is 0. The Morgan fingerprint density at radius 2 is 1.87 bits per heavy atom. The van der Waals surface area contributed by atoms with E-state index in [9.17, 15) is 13.2 Å². The van der Waals surface area contributed by atoms with Crippen molar-refractivity contribution in [3.05, 3.63) is 83.7 Å². The topological polar surface area (TPSA) is 104 Å². The molecule has 0 aliphatic carbocycles. The molecule has 1 aliphatic rings. The normalized spacial score (nSPS) is 14.4. The van der Waals surface area contributed by atoms with E-state index in [2.05, 4.69) is 26.3 Å². The van der Waals surface area contributed by atoms with E-state index in [-0.39, 0.29) is 16.5 Å². The number of piperazine rings is 1. The summed E-state index contributed by atoms with van der Waals surface area (Å²) in [5.41, 5.74) is 2.80. The summed E-state index contributed by atoms with van der Waals surface area (Å²) in [6.45, 7) is 8.72. The summed E-state index contributed by atoms with van der Waals surface area (Å²) in [5, 5.41) is 0. The SMILES string of the molecule is C=Nc1c(/C=C\C)cccc1S(=O)(=O)Nc1ccc(C(=O)N2CCN(Cc3cnccc3OC)CC2)cc1. The molecule has 1 amide bonds. The Morgan fingerprint density at radius 1 is 1.13 bits per heavy atom. The van der Waals surface area contributed by atoms with E-state index in [1.165, 1.54) is 6.07 Å². The van der Waals surface area contributed by atoms with Crippen molar-refractivity contribution in [2.24, 2.45) is 4.99 Å². The number of aliphatic imine (C=N–C) groups is 1. The van der Waals surface area contributed by atoms with Crippen LogP contribution >= 0.6 is 0 Å². The molecule has 0 bridgehead atoms. The van der Waals surface area contributed by atoms with Crippen LogP contribution in [0.15, 0.2) is 76.9 Å². The van der Waals surface area contributed by atoms with Gasteiger partial charge in [-0.3, -0.25) is 24.4 Å². The van der Waals surface area contributed by atoms with Crippen LogP contribution in [-0.2, 0) is 16.6 Å². The fraction of sp³-hybridized carbons (Fsp3) is 0.250. The first kappa shape index (κ1) is 27.0. The van der Waals surface area contributed by atoms with Gasteiger partial charge < -0.3 is 9.64 Å². The molecular weight excluding hydrogens is 502 g/mol. The number of para-hydroxylation sites is 1. The summed E-state index contributed by atoms with van der Waals surface area (Å²) in [7, 11) is -2.28. The largest absolute Gasteiger partial charge is 0.496 e. The smallest absolute Gasteiger partial charge is 0.264 e. The lowest BCUT2D eigenvalue weighted by molar-refractivity contribution is 0.0627. The number of ether oxygens (including phenoxy) is 1. The molecule has 0 unspecified atom stereocenters. The van der Waals surface area contributed by atoms with Crippen LogP contribution in [0.25, 0.3) is 6.08 Å². The highest BCUT2D eigenvalue weighted by Gasteiger charge is 2.24. The van der Waals surface area contributed by atoms with Gasteiger partial charge in [-0.2, -0.15) is 0 Å². The summed E-state index contributed by atoms with van der Waals surface area (Å²) < 4.78 is 34.2. The quantitative estimate of drug-likeness (QED) is 0.413. The molecule has 1 fully saturated rings. The predicted octanol–water partition coefficient (Wildman–Crippen LogP) is 4.21. The maximum Gasteiger partial charge on any atom is 0.264 e. The molecule has 0 radical (unpaired) electrons. The molecule has 3 aromatic rings. The summed E-state index contributed by atoms with van der Waals surface area (Å²) in [6.07, 6.45) is 7.09. The summed E-state index contributed by atoms with van der Waals surface area (Å²) in [6, 6.07) is 13.2. The summed E-state index contributed by atoms with van der Waals surface area (Å²) in [4.78, 5) is 25.3. The van der Waals surface area contributed by atoms with E-state index in [1.54, 1.807) is 68.1 Å². The second kappa shape index (κ2) is 12.0. The maximum absolute atomic E-state index is 13.1. The van der Waals surface area contributed by atoms with E-state index in [1.807, 2.05) is 17.9 Å². The van der Waals surface area contributed by atoms with Crippen molar-refractivity contribution in [2.45, 2.75) is 18.4 Å². The van der Waals surface area contributed by atoms with Crippen molar-refractivity contribution in [1.82, 2.24) is 14.8 Å². The number of methoxy groups -OCH3 is 1. The van der Waals surface area contributed by atoms with Gasteiger partial charge in [0.2, 0.25) is 0 Å². The Hall–Kier alpha value is -4.02. The maximum atomic E-state index is 13.1. The molecule has 1 N–H and O–H groups in total. The number of benzene rings is 2. The van der Waals surface area contributed by atoms with Crippen LogP contribution in [0.3, 0.4) is 0 Å². The number of hydrogen-bond donors (Lipinski definition) is 1. The fourth-order valence-corrected chi connectivity index (χ4v) is 5.65. The minimum atomic E-state index is -3.92. The van der Waals surface area contributed by atoms with Gasteiger partial charge in [-0.05, 0) is 50.0 Å². The predicted molar refractivity (Wildman–Crippen MR) is 150 cm³/mol. The number of rotatable bonds is 9. The van der Waals surface area contributed by atoms with Gasteiger partial charge in [-0.25, -0.2) is 8.42 Å². The number of amides is 1. The number of allylic oxidation sites excluding steroid dienone is 1. The fourth-order valence-electron chi connectivity index (χ4n) is 4.40. The number of sulfonamides is 1. The number of carbonyl (C=O) groups is 1. The van der Waals surface area contributed by atoms with Gasteiger partial charge in [0.25, 0.3) is 15.9 Å². The minimum absolute atomic E-state index is 0.0324. The Morgan fingerprint density at radius 3 is 2.53 bits per heavy atom. The van der Waals surface area contributed by atoms with E-state index in [0.717, 1.165) is 24.4 Å². The van der Waals surface area contributed by atoms with Crippen molar-refractivity contribution >= 4 is 40.1 Å². The highest BCUT2D eigenvalue weighted by molar-refractivity contribution is 7.92. The van der Waals surface area contributed by atoms with Gasteiger partial charge in [0.15, 0.2) is 0 Å². The number of aromatic nitrogens is 1. The van der Waals surface area contributed by atoms with Crippen molar-refractivity contribution in [1.29, 1.82) is 0 Å². The lowest BCUT2D eigenvalue weighted by Gasteiger charge is -2.35. The van der Waals surface area contributed by atoms with Crippen LogP contribution in [0, 0.1) is 0 Å². The molecule has 198 valence electrons. The molecule has 10 heteroatoms. The van der Waals surface area contributed by atoms with Crippen LogP contribution in [-0.4, -0.2) is 69.1 Å². The third-order valence-electron chi connectivity index (χ3n) is 6.34. The number of hydrogen-bond acceptors (Lipinski definition) is 7. The molecule has 0 saturated carbocycles. The highest BCUT2D eigenvalue weighted by atomic mass is 32.2. The van der Waals surface area contributed by atoms with Crippen molar-refractivity contribution in [3.63, 3.8) is 0 Å². The van der Waals surface area contributed by atoms with Crippen molar-refractivity contribution in [2.75, 3.05) is 38.0 Å². The first-order valence-electron chi connectivity index (χ1n) is 12.2. The second-order valence-electron chi connectivity index (χ2n) is 8.79. The highest BCUT2D eigenvalue weighted by Crippen LogP contribution is 2.30. The van der Waals surface area contributed by atoms with Gasteiger partial charge in [0.1, 0.15) is 10.6 Å². The number of nitrogens with one attached hydrogen (secondary N) is 1. The number of pyridine rings is 1. The van der Waals surface area contributed by atoms with Crippen LogP contribution in [0.1, 0.15) is 28.4 Å². The lowest BCUT2D eigenvalue weighted by atomic mass is 10.1. The van der Waals surface area contributed by atoms with Crippen LogP contribution in [0.5, 0.6) is 5.75 Å². The van der Waals surface area contributed by atoms with E-state index in [4.69, 9.17) is 4.74 Å². The van der Waals surface area contributed by atoms with E-state index in [0.29, 0.717) is 36.4 Å². The molecule has 1 aromatic heterocycles. The van der Waals surface area contributed by atoms with Crippen LogP contribution in [0.2, 0.25) is 0 Å².